The van der Waals surface area contributed by atoms with E-state index in [1.807, 2.05) is 36.5 Å². The van der Waals surface area contributed by atoms with Gasteiger partial charge in [0.2, 0.25) is 0 Å². The smallest absolute Gasteiger partial charge is 0.273 e. The van der Waals surface area contributed by atoms with E-state index in [0.717, 1.165) is 23.1 Å². The Bertz CT molecular complexity index is 824. The van der Waals surface area contributed by atoms with Crippen LogP contribution in [0.4, 0.5) is 5.13 Å². The Hall–Kier alpha value is -1.89. The lowest BCUT2D eigenvalue weighted by Crippen LogP contribution is -2.13. The van der Waals surface area contributed by atoms with Crippen molar-refractivity contribution in [2.45, 2.75) is 6.54 Å². The van der Waals surface area contributed by atoms with E-state index in [9.17, 15) is 4.79 Å². The topological polar surface area (TPSA) is 61.0 Å². The first-order valence-electron chi connectivity index (χ1n) is 6.70. The molecule has 0 unspecified atom stereocenters. The van der Waals surface area contributed by atoms with Crippen LogP contribution < -0.4 is 5.32 Å². The van der Waals surface area contributed by atoms with Crippen LogP contribution in [0.1, 0.15) is 16.2 Å². The molecule has 0 aliphatic rings. The van der Waals surface area contributed by atoms with Crippen molar-refractivity contribution in [2.24, 2.45) is 0 Å². The third-order valence-corrected chi connectivity index (χ3v) is 4.22. The number of carbonyl (C=O) groups excluding carboxylic acids is 1. The molecule has 3 aromatic rings. The van der Waals surface area contributed by atoms with Gasteiger partial charge in [-0.1, -0.05) is 23.7 Å². The van der Waals surface area contributed by atoms with Crippen LogP contribution in [0.15, 0.2) is 29.6 Å². The molecule has 114 valence electrons. The van der Waals surface area contributed by atoms with Crippen LogP contribution in [-0.4, -0.2) is 34.9 Å². The second kappa shape index (κ2) is 6.08. The van der Waals surface area contributed by atoms with Gasteiger partial charge in [-0.25, -0.2) is 4.98 Å². The highest BCUT2D eigenvalue weighted by Gasteiger charge is 2.13. The maximum Gasteiger partial charge on any atom is 0.273 e. The zero-order valence-electron chi connectivity index (χ0n) is 12.2. The summed E-state index contributed by atoms with van der Waals surface area (Å²) in [6.45, 7) is 0.744. The van der Waals surface area contributed by atoms with Gasteiger partial charge >= 0.3 is 0 Å². The molecule has 2 N–H and O–H groups in total. The number of nitrogens with zero attached hydrogens (tertiary/aromatic N) is 2. The van der Waals surface area contributed by atoms with Crippen molar-refractivity contribution in [1.29, 1.82) is 0 Å². The van der Waals surface area contributed by atoms with Crippen LogP contribution in [0.2, 0.25) is 5.02 Å². The predicted octanol–water partition coefficient (Wildman–Crippen LogP) is 3.59. The van der Waals surface area contributed by atoms with Gasteiger partial charge in [-0.15, -0.1) is 11.3 Å². The number of halogens is 1. The number of aromatic nitrogens is 2. The highest BCUT2D eigenvalue weighted by atomic mass is 35.5. The van der Waals surface area contributed by atoms with Gasteiger partial charge in [0.25, 0.3) is 5.91 Å². The fourth-order valence-corrected chi connectivity index (χ4v) is 3.09. The van der Waals surface area contributed by atoms with E-state index in [4.69, 9.17) is 11.6 Å². The lowest BCUT2D eigenvalue weighted by atomic mass is 10.2. The molecule has 7 heteroatoms. The molecule has 0 spiro atoms. The SMILES string of the molecule is CN(C)Cc1csc(NC(=O)c2cc3cccc(Cl)c3[nH]2)n1. The van der Waals surface area contributed by atoms with Crippen LogP contribution in [0.3, 0.4) is 0 Å². The fraction of sp³-hybridized carbons (Fsp3) is 0.200. The number of benzene rings is 1. The molecule has 0 bridgehead atoms. The highest BCUT2D eigenvalue weighted by Crippen LogP contribution is 2.24. The van der Waals surface area contributed by atoms with Gasteiger partial charge in [-0.3, -0.25) is 10.1 Å². The van der Waals surface area contributed by atoms with Crippen molar-refractivity contribution >= 4 is 44.9 Å². The second-order valence-electron chi connectivity index (χ2n) is 5.22. The molecule has 0 saturated carbocycles. The van der Waals surface area contributed by atoms with E-state index in [2.05, 4.69) is 15.3 Å². The van der Waals surface area contributed by atoms with E-state index in [1.54, 1.807) is 12.1 Å². The minimum atomic E-state index is -0.224. The normalized spacial score (nSPS) is 11.3. The van der Waals surface area contributed by atoms with Crippen LogP contribution in [-0.2, 0) is 6.54 Å². The van der Waals surface area contributed by atoms with Crippen molar-refractivity contribution in [3.05, 3.63) is 46.1 Å². The lowest BCUT2D eigenvalue weighted by Gasteiger charge is -2.05. The molecule has 0 radical (unpaired) electrons. The molecule has 0 atom stereocenters. The largest absolute Gasteiger partial charge is 0.349 e. The number of hydrogen-bond donors (Lipinski definition) is 2. The lowest BCUT2D eigenvalue weighted by molar-refractivity contribution is 0.102. The maximum atomic E-state index is 12.3. The molecule has 5 nitrogen and oxygen atoms in total. The molecule has 0 aliphatic heterocycles. The number of hydrogen-bond acceptors (Lipinski definition) is 4. The minimum absolute atomic E-state index is 0.224. The molecule has 1 amide bonds. The Morgan fingerprint density at radius 3 is 3.00 bits per heavy atom. The number of anilines is 1. The summed E-state index contributed by atoms with van der Waals surface area (Å²) in [6.07, 6.45) is 0. The van der Waals surface area contributed by atoms with Gasteiger partial charge in [-0.05, 0) is 26.2 Å². The number of rotatable bonds is 4. The average Bonchev–Trinajstić information content (AvgIpc) is 3.05. The number of amides is 1. The Balaban J connectivity index is 1.78. The highest BCUT2D eigenvalue weighted by molar-refractivity contribution is 7.13. The first-order chi connectivity index (χ1) is 10.5. The van der Waals surface area contributed by atoms with Crippen molar-refractivity contribution in [3.63, 3.8) is 0 Å². The maximum absolute atomic E-state index is 12.3. The predicted molar refractivity (Wildman–Crippen MR) is 90.8 cm³/mol. The Kier molecular flexibility index (Phi) is 4.15. The van der Waals surface area contributed by atoms with Gasteiger partial charge in [0.15, 0.2) is 5.13 Å². The summed E-state index contributed by atoms with van der Waals surface area (Å²) in [5.74, 6) is -0.224. The first-order valence-corrected chi connectivity index (χ1v) is 7.96. The number of fused-ring (bicyclic) bond motifs is 1. The summed E-state index contributed by atoms with van der Waals surface area (Å²) in [5, 5.41) is 6.84. The van der Waals surface area contributed by atoms with Crippen LogP contribution in [0.25, 0.3) is 10.9 Å². The molecule has 3 rings (SSSR count). The van der Waals surface area contributed by atoms with Crippen molar-refractivity contribution in [2.75, 3.05) is 19.4 Å². The van der Waals surface area contributed by atoms with Gasteiger partial charge in [0.1, 0.15) is 5.69 Å². The second-order valence-corrected chi connectivity index (χ2v) is 6.49. The van der Waals surface area contributed by atoms with Gasteiger partial charge in [0, 0.05) is 17.3 Å². The number of carbonyl (C=O) groups is 1. The molecule has 0 fully saturated rings. The van der Waals surface area contributed by atoms with Gasteiger partial charge in [0.05, 0.1) is 16.2 Å². The molecular formula is C15H15ClN4OS. The average molecular weight is 335 g/mol. The van der Waals surface area contributed by atoms with E-state index in [-0.39, 0.29) is 5.91 Å². The molecule has 2 aromatic heterocycles. The first kappa shape index (κ1) is 15.0. The molecule has 0 saturated heterocycles. The van der Waals surface area contributed by atoms with Crippen LogP contribution in [0, 0.1) is 0 Å². The Morgan fingerprint density at radius 1 is 1.45 bits per heavy atom. The van der Waals surface area contributed by atoms with E-state index >= 15 is 0 Å². The standard InChI is InChI=1S/C15H15ClN4OS/c1-20(2)7-10-8-22-15(17-10)19-14(21)12-6-9-4-3-5-11(16)13(9)18-12/h3-6,8,18H,7H2,1-2H3,(H,17,19,21). The molecule has 1 aromatic carbocycles. The van der Waals surface area contributed by atoms with Crippen molar-refractivity contribution in [3.8, 4) is 0 Å². The van der Waals surface area contributed by atoms with Crippen molar-refractivity contribution in [1.82, 2.24) is 14.9 Å². The summed E-state index contributed by atoms with van der Waals surface area (Å²) >= 11 is 7.52. The van der Waals surface area contributed by atoms with Gasteiger partial charge in [-0.2, -0.15) is 0 Å². The molecule has 2 heterocycles. The number of thiazole rings is 1. The summed E-state index contributed by atoms with van der Waals surface area (Å²) in [6, 6.07) is 7.34. The Morgan fingerprint density at radius 2 is 2.27 bits per heavy atom. The van der Waals surface area contributed by atoms with Crippen molar-refractivity contribution < 1.29 is 4.79 Å². The zero-order valence-corrected chi connectivity index (χ0v) is 13.8. The van der Waals surface area contributed by atoms with Crippen LogP contribution >= 0.6 is 22.9 Å². The third kappa shape index (κ3) is 3.14. The third-order valence-electron chi connectivity index (χ3n) is 3.10. The van der Waals surface area contributed by atoms with E-state index in [1.165, 1.54) is 11.3 Å². The summed E-state index contributed by atoms with van der Waals surface area (Å²) < 4.78 is 0. The van der Waals surface area contributed by atoms with E-state index < -0.39 is 0 Å². The molecular weight excluding hydrogens is 320 g/mol. The summed E-state index contributed by atoms with van der Waals surface area (Å²) in [5.41, 5.74) is 2.17. The number of para-hydroxylation sites is 1. The summed E-state index contributed by atoms with van der Waals surface area (Å²) in [7, 11) is 3.96. The minimum Gasteiger partial charge on any atom is -0.349 e. The van der Waals surface area contributed by atoms with E-state index in [0.29, 0.717) is 15.8 Å². The molecule has 22 heavy (non-hydrogen) atoms. The number of H-pyrrole nitrogens is 1. The number of aromatic amines is 1. The van der Waals surface area contributed by atoms with Gasteiger partial charge < -0.3 is 9.88 Å². The zero-order chi connectivity index (χ0) is 15.7. The fourth-order valence-electron chi connectivity index (χ4n) is 2.17. The molecule has 0 aliphatic carbocycles. The number of nitrogens with one attached hydrogen (secondary N) is 2. The quantitative estimate of drug-likeness (QED) is 0.766. The summed E-state index contributed by atoms with van der Waals surface area (Å²) in [4.78, 5) is 21.8. The monoisotopic (exact) mass is 334 g/mol. The Labute approximate surface area is 136 Å². The van der Waals surface area contributed by atoms with Crippen LogP contribution in [0.5, 0.6) is 0 Å².